The first kappa shape index (κ1) is 33.5. The fraction of sp³-hybridized carbons (Fsp3) is 0.263. The predicted octanol–water partition coefficient (Wildman–Crippen LogP) is 6.24. The van der Waals surface area contributed by atoms with Crippen LogP contribution in [0.25, 0.3) is 31.9 Å². The monoisotopic (exact) mass is 707 g/mol. The molecule has 4 heterocycles. The molecule has 1 fully saturated rings. The Balaban J connectivity index is 0.884. The number of aromatic nitrogens is 2. The highest BCUT2D eigenvalue weighted by atomic mass is 35.5. The van der Waals surface area contributed by atoms with Gasteiger partial charge >= 0.3 is 0 Å². The van der Waals surface area contributed by atoms with E-state index in [1.54, 1.807) is 23.5 Å². The van der Waals surface area contributed by atoms with E-state index < -0.39 is 11.9 Å². The van der Waals surface area contributed by atoms with E-state index in [2.05, 4.69) is 27.8 Å². The molecule has 50 heavy (non-hydrogen) atoms. The Morgan fingerprint density at radius 3 is 2.62 bits per heavy atom. The smallest absolute Gasteiger partial charge is 0.255 e. The summed E-state index contributed by atoms with van der Waals surface area (Å²) in [5.74, 6) is -0.237. The number of amides is 3. The number of rotatable bonds is 12. The predicted molar refractivity (Wildman–Crippen MR) is 193 cm³/mol. The van der Waals surface area contributed by atoms with Gasteiger partial charge < -0.3 is 15.0 Å². The van der Waals surface area contributed by atoms with Crippen molar-refractivity contribution in [3.8, 4) is 21.7 Å². The van der Waals surface area contributed by atoms with Crippen molar-refractivity contribution >= 4 is 62.5 Å². The molecule has 1 unspecified atom stereocenters. The van der Waals surface area contributed by atoms with Gasteiger partial charge in [-0.15, -0.1) is 11.3 Å². The van der Waals surface area contributed by atoms with Crippen molar-refractivity contribution in [2.24, 2.45) is 0 Å². The van der Waals surface area contributed by atoms with Crippen LogP contribution in [0.4, 0.5) is 5.82 Å². The summed E-state index contributed by atoms with van der Waals surface area (Å²) in [7, 11) is 1.84. The van der Waals surface area contributed by atoms with Gasteiger partial charge in [0.15, 0.2) is 5.78 Å². The van der Waals surface area contributed by atoms with E-state index in [4.69, 9.17) is 21.3 Å². The minimum Gasteiger partial charge on any atom is -0.374 e. The molecule has 3 amide bonds. The third kappa shape index (κ3) is 7.16. The van der Waals surface area contributed by atoms with Gasteiger partial charge in [-0.3, -0.25) is 24.5 Å². The molecule has 10 nitrogen and oxygen atoms in total. The lowest BCUT2D eigenvalue weighted by Crippen LogP contribution is -2.52. The third-order valence-corrected chi connectivity index (χ3v) is 10.4. The van der Waals surface area contributed by atoms with Gasteiger partial charge in [0, 0.05) is 55.9 Å². The number of ketones is 1. The molecule has 12 heteroatoms. The molecule has 5 aromatic rings. The van der Waals surface area contributed by atoms with E-state index in [1.807, 2.05) is 55.7 Å². The second kappa shape index (κ2) is 14.5. The fourth-order valence-corrected chi connectivity index (χ4v) is 7.80. The average Bonchev–Trinajstić information content (AvgIpc) is 3.68. The number of Topliss-reactive ketones (excluding diaryl/α,β-unsaturated/α-hetero) is 1. The van der Waals surface area contributed by atoms with Crippen molar-refractivity contribution in [1.29, 1.82) is 0 Å². The second-order valence-corrected chi connectivity index (χ2v) is 13.9. The fourth-order valence-electron chi connectivity index (χ4n) is 6.40. The van der Waals surface area contributed by atoms with E-state index in [-0.39, 0.29) is 43.6 Å². The quantitative estimate of drug-likeness (QED) is 0.115. The number of carbonyl (C=O) groups is 4. The number of carbonyl (C=O) groups excluding carboxylic acids is 4. The van der Waals surface area contributed by atoms with Crippen molar-refractivity contribution in [1.82, 2.24) is 20.2 Å². The van der Waals surface area contributed by atoms with Gasteiger partial charge in [-0.25, -0.2) is 9.97 Å². The molecule has 2 aliphatic rings. The molecule has 1 saturated heterocycles. The van der Waals surface area contributed by atoms with Crippen LogP contribution in [0, 0.1) is 0 Å². The number of imide groups is 1. The molecule has 0 spiro atoms. The van der Waals surface area contributed by atoms with Crippen LogP contribution in [0.15, 0.2) is 72.9 Å². The van der Waals surface area contributed by atoms with Crippen LogP contribution in [-0.2, 0) is 38.5 Å². The first-order valence-corrected chi connectivity index (χ1v) is 17.6. The molecule has 0 bridgehead atoms. The summed E-state index contributed by atoms with van der Waals surface area (Å²) in [5, 5.41) is 6.83. The molecule has 1 atom stereocenters. The molecule has 0 saturated carbocycles. The zero-order valence-electron chi connectivity index (χ0n) is 27.3. The maximum Gasteiger partial charge on any atom is 0.255 e. The van der Waals surface area contributed by atoms with Gasteiger partial charge in [0.25, 0.3) is 5.91 Å². The Hall–Kier alpha value is -4.97. The number of nitrogens with zero attached hydrogens (tertiary/aromatic N) is 3. The third-order valence-electron chi connectivity index (χ3n) is 9.01. The molecule has 0 radical (unpaired) electrons. The molecular formula is C38H34ClN5O5S. The highest BCUT2D eigenvalue weighted by Gasteiger charge is 2.39. The van der Waals surface area contributed by atoms with Crippen LogP contribution in [0.1, 0.15) is 46.3 Å². The van der Waals surface area contributed by atoms with Gasteiger partial charge in [-0.05, 0) is 84.0 Å². The summed E-state index contributed by atoms with van der Waals surface area (Å²) in [5.41, 5.74) is 7.04. The van der Waals surface area contributed by atoms with E-state index in [0.717, 1.165) is 61.7 Å². The summed E-state index contributed by atoms with van der Waals surface area (Å²) in [6.45, 7) is 0.735. The molecular weight excluding hydrogens is 674 g/mol. The zero-order valence-corrected chi connectivity index (χ0v) is 28.9. The van der Waals surface area contributed by atoms with E-state index in [1.165, 1.54) is 10.5 Å². The van der Waals surface area contributed by atoms with Crippen LogP contribution in [0.3, 0.4) is 0 Å². The highest BCUT2D eigenvalue weighted by molar-refractivity contribution is 7.21. The Kier molecular flexibility index (Phi) is 9.71. The molecule has 3 aromatic carbocycles. The molecule has 2 N–H and O–H groups in total. The molecule has 7 rings (SSSR count). The van der Waals surface area contributed by atoms with Crippen LogP contribution in [0.2, 0.25) is 5.02 Å². The number of thiazole rings is 1. The molecule has 0 aliphatic carbocycles. The van der Waals surface area contributed by atoms with Crippen LogP contribution < -0.4 is 10.6 Å². The van der Waals surface area contributed by atoms with Gasteiger partial charge in [-0.2, -0.15) is 0 Å². The Morgan fingerprint density at radius 2 is 1.84 bits per heavy atom. The Bertz CT molecular complexity index is 2130. The number of ether oxygens (including phenoxy) is 1. The number of fused-ring (bicyclic) bond motifs is 2. The number of anilines is 1. The minimum atomic E-state index is -0.666. The van der Waals surface area contributed by atoms with Crippen molar-refractivity contribution in [3.63, 3.8) is 0 Å². The van der Waals surface area contributed by atoms with Gasteiger partial charge in [0.1, 0.15) is 23.5 Å². The lowest BCUT2D eigenvalue weighted by atomic mass is 10.0. The summed E-state index contributed by atoms with van der Waals surface area (Å²) in [4.78, 5) is 60.2. The number of benzene rings is 3. The number of nitrogens with one attached hydrogen (secondary N) is 2. The highest BCUT2D eigenvalue weighted by Crippen LogP contribution is 2.37. The zero-order chi connectivity index (χ0) is 34.8. The van der Waals surface area contributed by atoms with Crippen molar-refractivity contribution in [2.45, 2.75) is 44.7 Å². The Labute approximate surface area is 297 Å². The SMILES string of the molecule is CNc1ccc(-c2ccc(-c3nc4ccc(CCCOCC(=O)Cc5ccc6c(c5)CN(C5CCC(=O)NC5=O)C6=O)cc4s3)c(Cl)c2)cn1. The first-order chi connectivity index (χ1) is 24.2. The van der Waals surface area contributed by atoms with Gasteiger partial charge in [0.2, 0.25) is 11.8 Å². The molecule has 254 valence electrons. The normalized spacial score (nSPS) is 15.8. The van der Waals surface area contributed by atoms with Gasteiger partial charge in [0.05, 0.1) is 15.2 Å². The number of halogens is 1. The van der Waals surface area contributed by atoms with Gasteiger partial charge in [-0.1, -0.05) is 35.9 Å². The van der Waals surface area contributed by atoms with Crippen molar-refractivity contribution < 1.29 is 23.9 Å². The Morgan fingerprint density at radius 1 is 1.02 bits per heavy atom. The number of hydrogen-bond donors (Lipinski definition) is 2. The average molecular weight is 708 g/mol. The van der Waals surface area contributed by atoms with Crippen molar-refractivity contribution in [3.05, 3.63) is 100 Å². The summed E-state index contributed by atoms with van der Waals surface area (Å²) in [6, 6.07) is 20.8. The van der Waals surface area contributed by atoms with E-state index >= 15 is 0 Å². The van der Waals surface area contributed by atoms with Crippen LogP contribution in [0.5, 0.6) is 0 Å². The number of aryl methyl sites for hydroxylation is 1. The summed E-state index contributed by atoms with van der Waals surface area (Å²) >= 11 is 8.33. The summed E-state index contributed by atoms with van der Waals surface area (Å²) in [6.07, 6.45) is 4.09. The van der Waals surface area contributed by atoms with E-state index in [0.29, 0.717) is 23.6 Å². The first-order valence-electron chi connectivity index (χ1n) is 16.4. The summed E-state index contributed by atoms with van der Waals surface area (Å²) < 4.78 is 6.80. The lowest BCUT2D eigenvalue weighted by Gasteiger charge is -2.29. The number of pyridine rings is 1. The van der Waals surface area contributed by atoms with Crippen LogP contribution >= 0.6 is 22.9 Å². The van der Waals surface area contributed by atoms with E-state index in [9.17, 15) is 19.2 Å². The lowest BCUT2D eigenvalue weighted by molar-refractivity contribution is -0.137. The number of piperidine rings is 1. The minimum absolute atomic E-state index is 0.00692. The van der Waals surface area contributed by atoms with Crippen LogP contribution in [-0.4, -0.2) is 64.7 Å². The molecule has 2 aromatic heterocycles. The standard InChI is InChI=1S/C38H34ClN5O5S/c1-40-34-12-7-25(19-41-34)24-6-9-29(30(39)18-24)37-42-31-10-5-22(17-33(31)50-37)3-2-14-49-21-27(45)16-23-4-8-28-26(15-23)20-44(38(28)48)32-11-13-35(46)43-36(32)47/h4-10,12,15,17-19,32H,2-3,11,13-14,16,20-21H2,1H3,(H,40,41)(H,43,46,47). The molecule has 2 aliphatic heterocycles. The maximum absolute atomic E-state index is 12.9. The number of hydrogen-bond acceptors (Lipinski definition) is 9. The largest absolute Gasteiger partial charge is 0.374 e. The maximum atomic E-state index is 12.9. The second-order valence-electron chi connectivity index (χ2n) is 12.5. The topological polar surface area (TPSA) is 131 Å². The van der Waals surface area contributed by atoms with Crippen molar-refractivity contribution in [2.75, 3.05) is 25.6 Å².